The number of ketones is 1. The maximum Gasteiger partial charge on any atom is 0.138 e. The van der Waals surface area contributed by atoms with Gasteiger partial charge < -0.3 is 5.32 Å². The topological polar surface area (TPSA) is 46.9 Å². The van der Waals surface area contributed by atoms with Gasteiger partial charge >= 0.3 is 0 Å². The molecule has 1 aromatic heterocycles. The maximum absolute atomic E-state index is 11.6. The number of hydrogen-bond donors (Lipinski definition) is 1. The van der Waals surface area contributed by atoms with Gasteiger partial charge in [0.2, 0.25) is 0 Å². The Hall–Kier alpha value is -1.16. The fourth-order valence-corrected chi connectivity index (χ4v) is 1.51. The van der Waals surface area contributed by atoms with E-state index in [9.17, 15) is 4.79 Å². The first-order chi connectivity index (χ1) is 7.63. The minimum atomic E-state index is 0.268. The summed E-state index contributed by atoms with van der Waals surface area (Å²) in [6, 6.07) is 2.28. The minimum absolute atomic E-state index is 0.268. The van der Waals surface area contributed by atoms with Gasteiger partial charge in [0.05, 0.1) is 12.1 Å². The zero-order valence-corrected chi connectivity index (χ0v) is 10.4. The molecule has 4 heteroatoms. The Kier molecular flexibility index (Phi) is 5.19. The summed E-state index contributed by atoms with van der Waals surface area (Å²) in [6.07, 6.45) is 3.93. The molecular weight excluding hydrogens is 202 g/mol. The molecule has 0 spiro atoms. The summed E-state index contributed by atoms with van der Waals surface area (Å²) in [7, 11) is 1.90. The van der Waals surface area contributed by atoms with Crippen molar-refractivity contribution in [1.82, 2.24) is 15.1 Å². The lowest BCUT2D eigenvalue weighted by Gasteiger charge is -2.03. The number of nitrogens with one attached hydrogen (secondary N) is 1. The van der Waals surface area contributed by atoms with Crippen LogP contribution in [0.15, 0.2) is 12.3 Å². The van der Waals surface area contributed by atoms with Gasteiger partial charge in [0, 0.05) is 18.7 Å². The molecule has 16 heavy (non-hydrogen) atoms. The zero-order chi connectivity index (χ0) is 12.0. The summed E-state index contributed by atoms with van der Waals surface area (Å²) in [5.74, 6) is 0.268. The Balaban J connectivity index is 2.37. The SMILES string of the molecule is CNCCCC(=O)Cc1ccn(C(C)C)n1. The molecule has 0 amide bonds. The van der Waals surface area contributed by atoms with Crippen molar-refractivity contribution >= 4 is 5.78 Å². The van der Waals surface area contributed by atoms with Crippen LogP contribution in [0.3, 0.4) is 0 Å². The highest BCUT2D eigenvalue weighted by Gasteiger charge is 2.07. The normalized spacial score (nSPS) is 11.0. The third-order valence-corrected chi connectivity index (χ3v) is 2.45. The molecule has 0 saturated heterocycles. The van der Waals surface area contributed by atoms with Crippen molar-refractivity contribution in [2.24, 2.45) is 0 Å². The third-order valence-electron chi connectivity index (χ3n) is 2.45. The van der Waals surface area contributed by atoms with E-state index in [-0.39, 0.29) is 5.78 Å². The van der Waals surface area contributed by atoms with Crippen LogP contribution < -0.4 is 5.32 Å². The molecule has 0 aliphatic carbocycles. The summed E-state index contributed by atoms with van der Waals surface area (Å²) in [5.41, 5.74) is 0.878. The molecule has 0 atom stereocenters. The fourth-order valence-electron chi connectivity index (χ4n) is 1.51. The van der Waals surface area contributed by atoms with Crippen LogP contribution in [0, 0.1) is 0 Å². The van der Waals surface area contributed by atoms with E-state index >= 15 is 0 Å². The molecule has 1 rings (SSSR count). The van der Waals surface area contributed by atoms with Crippen molar-refractivity contribution in [2.75, 3.05) is 13.6 Å². The Bertz CT molecular complexity index is 331. The van der Waals surface area contributed by atoms with E-state index in [1.807, 2.05) is 24.0 Å². The monoisotopic (exact) mass is 223 g/mol. The lowest BCUT2D eigenvalue weighted by Crippen LogP contribution is -2.11. The molecule has 1 N–H and O–H groups in total. The summed E-state index contributed by atoms with van der Waals surface area (Å²) >= 11 is 0. The Morgan fingerprint density at radius 3 is 2.88 bits per heavy atom. The Morgan fingerprint density at radius 2 is 2.31 bits per heavy atom. The largest absolute Gasteiger partial charge is 0.320 e. The summed E-state index contributed by atoms with van der Waals surface area (Å²) in [5, 5.41) is 7.39. The van der Waals surface area contributed by atoms with Crippen LogP contribution in [0.25, 0.3) is 0 Å². The third kappa shape index (κ3) is 4.14. The van der Waals surface area contributed by atoms with Crippen molar-refractivity contribution in [3.8, 4) is 0 Å². The first-order valence-electron chi connectivity index (χ1n) is 5.84. The molecule has 0 bridgehead atoms. The predicted molar refractivity (Wildman–Crippen MR) is 64.5 cm³/mol. The van der Waals surface area contributed by atoms with Gasteiger partial charge in [-0.15, -0.1) is 0 Å². The van der Waals surface area contributed by atoms with Crippen molar-refractivity contribution in [3.63, 3.8) is 0 Å². The molecule has 90 valence electrons. The maximum atomic E-state index is 11.6. The van der Waals surface area contributed by atoms with Crippen LogP contribution in [0.1, 0.15) is 38.4 Å². The van der Waals surface area contributed by atoms with E-state index in [2.05, 4.69) is 24.3 Å². The molecule has 4 nitrogen and oxygen atoms in total. The quantitative estimate of drug-likeness (QED) is 0.714. The molecule has 0 saturated carbocycles. The number of hydrogen-bond acceptors (Lipinski definition) is 3. The van der Waals surface area contributed by atoms with E-state index in [1.165, 1.54) is 0 Å². The smallest absolute Gasteiger partial charge is 0.138 e. The highest BCUT2D eigenvalue weighted by atomic mass is 16.1. The standard InChI is InChI=1S/C12H21N3O/c1-10(2)15-8-6-11(14-15)9-12(16)5-4-7-13-3/h6,8,10,13H,4-5,7,9H2,1-3H3. The Labute approximate surface area is 97.0 Å². The van der Waals surface area contributed by atoms with Crippen LogP contribution in [0.2, 0.25) is 0 Å². The molecule has 1 heterocycles. The van der Waals surface area contributed by atoms with Crippen molar-refractivity contribution in [2.45, 2.75) is 39.2 Å². The summed E-state index contributed by atoms with van der Waals surface area (Å²) in [6.45, 7) is 5.04. The van der Waals surface area contributed by atoms with E-state index in [0.717, 1.165) is 18.7 Å². The van der Waals surface area contributed by atoms with Crippen molar-refractivity contribution in [3.05, 3.63) is 18.0 Å². The van der Waals surface area contributed by atoms with Gasteiger partial charge in [0.25, 0.3) is 0 Å². The second-order valence-electron chi connectivity index (χ2n) is 4.30. The molecule has 1 aromatic rings. The van der Waals surface area contributed by atoms with Crippen molar-refractivity contribution < 1.29 is 4.79 Å². The van der Waals surface area contributed by atoms with Gasteiger partial charge in [-0.1, -0.05) is 0 Å². The summed E-state index contributed by atoms with van der Waals surface area (Å²) in [4.78, 5) is 11.6. The summed E-state index contributed by atoms with van der Waals surface area (Å²) < 4.78 is 1.89. The lowest BCUT2D eigenvalue weighted by atomic mass is 10.1. The fraction of sp³-hybridized carbons (Fsp3) is 0.667. The first-order valence-corrected chi connectivity index (χ1v) is 5.84. The zero-order valence-electron chi connectivity index (χ0n) is 10.4. The van der Waals surface area contributed by atoms with Gasteiger partial charge in [0.1, 0.15) is 5.78 Å². The van der Waals surface area contributed by atoms with Crippen molar-refractivity contribution in [1.29, 1.82) is 0 Å². The van der Waals surface area contributed by atoms with E-state index in [0.29, 0.717) is 18.9 Å². The number of carbonyl (C=O) groups excluding carboxylic acids is 1. The second-order valence-corrected chi connectivity index (χ2v) is 4.30. The van der Waals surface area contributed by atoms with Gasteiger partial charge in [-0.3, -0.25) is 9.48 Å². The highest BCUT2D eigenvalue weighted by Crippen LogP contribution is 2.06. The number of carbonyl (C=O) groups is 1. The number of rotatable bonds is 7. The van der Waals surface area contributed by atoms with Gasteiger partial charge in [0.15, 0.2) is 0 Å². The predicted octanol–water partition coefficient (Wildman–Crippen LogP) is 1.58. The number of nitrogens with zero attached hydrogens (tertiary/aromatic N) is 2. The first kappa shape index (κ1) is 12.9. The number of aromatic nitrogens is 2. The van der Waals surface area contributed by atoms with Crippen LogP contribution in [-0.2, 0) is 11.2 Å². The Morgan fingerprint density at radius 1 is 1.56 bits per heavy atom. The minimum Gasteiger partial charge on any atom is -0.320 e. The lowest BCUT2D eigenvalue weighted by molar-refractivity contribution is -0.118. The second kappa shape index (κ2) is 6.43. The molecule has 0 unspecified atom stereocenters. The average Bonchev–Trinajstić information content (AvgIpc) is 2.66. The van der Waals surface area contributed by atoms with Crippen LogP contribution in [-0.4, -0.2) is 29.2 Å². The number of Topliss-reactive ketones (excluding diaryl/α,β-unsaturated/α-hetero) is 1. The van der Waals surface area contributed by atoms with E-state index in [4.69, 9.17) is 0 Å². The van der Waals surface area contributed by atoms with Crippen LogP contribution in [0.5, 0.6) is 0 Å². The van der Waals surface area contributed by atoms with E-state index < -0.39 is 0 Å². The molecule has 0 fully saturated rings. The molecule has 0 aliphatic rings. The molecule has 0 aromatic carbocycles. The van der Waals surface area contributed by atoms with Crippen LogP contribution in [0.4, 0.5) is 0 Å². The van der Waals surface area contributed by atoms with Gasteiger partial charge in [-0.25, -0.2) is 0 Å². The molecule has 0 radical (unpaired) electrons. The van der Waals surface area contributed by atoms with Gasteiger partial charge in [-0.05, 0) is 39.9 Å². The molecular formula is C12H21N3O. The average molecular weight is 223 g/mol. The molecule has 0 aliphatic heterocycles. The highest BCUT2D eigenvalue weighted by molar-refractivity contribution is 5.80. The van der Waals surface area contributed by atoms with Gasteiger partial charge in [-0.2, -0.15) is 5.10 Å². The van der Waals surface area contributed by atoms with Crippen LogP contribution >= 0.6 is 0 Å². The van der Waals surface area contributed by atoms with E-state index in [1.54, 1.807) is 0 Å².